The topological polar surface area (TPSA) is 111 Å². The number of carbonyl (C=O) groups excluding carboxylic acids is 3. The summed E-state index contributed by atoms with van der Waals surface area (Å²) in [4.78, 5) is 40.2. The number of nitrogens with zero attached hydrogens (tertiary/aromatic N) is 1. The molecule has 0 bridgehead atoms. The number of esters is 1. The van der Waals surface area contributed by atoms with Crippen LogP contribution in [0.5, 0.6) is 0 Å². The number of thioether (sulfide) groups is 1. The van der Waals surface area contributed by atoms with Crippen LogP contribution in [0, 0.1) is 13.8 Å². The van der Waals surface area contributed by atoms with Crippen LogP contribution in [0.25, 0.3) is 0 Å². The first-order valence-corrected chi connectivity index (χ1v) is 9.08. The maximum absolute atomic E-state index is 12.0. The van der Waals surface area contributed by atoms with E-state index < -0.39 is 24.4 Å². The molecule has 0 atom stereocenters. The van der Waals surface area contributed by atoms with Crippen molar-refractivity contribution in [1.29, 1.82) is 0 Å². The fourth-order valence-electron chi connectivity index (χ4n) is 1.95. The molecule has 1 aromatic carbocycles. The van der Waals surface area contributed by atoms with Crippen LogP contribution in [0.3, 0.4) is 0 Å². The standard InChI is InChI=1S/C16H17N3O4S2/c1-9-15(25-10(2)18-9)16(22)23-7-14(21)19-11-5-3-4-6-12(11)24-8-13(17)20/h3-6H,7-8H2,1-2H3,(H2,17,20)(H,19,21). The van der Waals surface area contributed by atoms with Gasteiger partial charge in [0.05, 0.1) is 22.1 Å². The average molecular weight is 379 g/mol. The van der Waals surface area contributed by atoms with E-state index in [1.807, 2.05) is 0 Å². The van der Waals surface area contributed by atoms with Crippen molar-refractivity contribution in [3.8, 4) is 0 Å². The predicted octanol–water partition coefficient (Wildman–Crippen LogP) is 2.13. The van der Waals surface area contributed by atoms with E-state index in [2.05, 4.69) is 10.3 Å². The Bertz CT molecular complexity index is 804. The lowest BCUT2D eigenvalue weighted by molar-refractivity contribution is -0.119. The van der Waals surface area contributed by atoms with E-state index >= 15 is 0 Å². The van der Waals surface area contributed by atoms with E-state index in [4.69, 9.17) is 10.5 Å². The van der Waals surface area contributed by atoms with Gasteiger partial charge in [-0.25, -0.2) is 9.78 Å². The first kappa shape index (κ1) is 18.9. The van der Waals surface area contributed by atoms with Crippen molar-refractivity contribution >= 4 is 46.6 Å². The number of amides is 2. The van der Waals surface area contributed by atoms with Crippen molar-refractivity contribution in [2.75, 3.05) is 17.7 Å². The molecule has 0 aliphatic rings. The summed E-state index contributed by atoms with van der Waals surface area (Å²) < 4.78 is 5.03. The minimum Gasteiger partial charge on any atom is -0.451 e. The number of aryl methyl sites for hydroxylation is 2. The van der Waals surface area contributed by atoms with Gasteiger partial charge in [-0.15, -0.1) is 23.1 Å². The van der Waals surface area contributed by atoms with Crippen LogP contribution in [0.15, 0.2) is 29.2 Å². The van der Waals surface area contributed by atoms with Crippen LogP contribution < -0.4 is 11.1 Å². The largest absolute Gasteiger partial charge is 0.451 e. The van der Waals surface area contributed by atoms with Gasteiger partial charge in [-0.2, -0.15) is 0 Å². The quantitative estimate of drug-likeness (QED) is 0.563. The third-order valence-corrected chi connectivity index (χ3v) is 5.10. The highest BCUT2D eigenvalue weighted by molar-refractivity contribution is 8.00. The van der Waals surface area contributed by atoms with Crippen LogP contribution in [0.4, 0.5) is 5.69 Å². The van der Waals surface area contributed by atoms with E-state index in [-0.39, 0.29) is 5.75 Å². The van der Waals surface area contributed by atoms with E-state index in [0.717, 1.165) is 5.01 Å². The Morgan fingerprint density at radius 3 is 2.64 bits per heavy atom. The third kappa shape index (κ3) is 5.57. The number of benzene rings is 1. The zero-order valence-corrected chi connectivity index (χ0v) is 15.3. The van der Waals surface area contributed by atoms with Gasteiger partial charge in [0.2, 0.25) is 5.91 Å². The fourth-order valence-corrected chi connectivity index (χ4v) is 3.51. The second-order valence-electron chi connectivity index (χ2n) is 5.02. The van der Waals surface area contributed by atoms with Gasteiger partial charge in [-0.1, -0.05) is 12.1 Å². The van der Waals surface area contributed by atoms with Gasteiger partial charge in [0.25, 0.3) is 5.91 Å². The maximum Gasteiger partial charge on any atom is 0.350 e. The Hall–Kier alpha value is -2.39. The normalized spacial score (nSPS) is 10.3. The Morgan fingerprint density at radius 2 is 2.00 bits per heavy atom. The van der Waals surface area contributed by atoms with Crippen LogP contribution in [0.2, 0.25) is 0 Å². The van der Waals surface area contributed by atoms with Gasteiger partial charge in [0.15, 0.2) is 6.61 Å². The Labute approximate surface area is 153 Å². The summed E-state index contributed by atoms with van der Waals surface area (Å²) in [5, 5.41) is 3.42. The highest BCUT2D eigenvalue weighted by Gasteiger charge is 2.17. The molecule has 1 aromatic heterocycles. The van der Waals surface area contributed by atoms with Gasteiger partial charge >= 0.3 is 5.97 Å². The Balaban J connectivity index is 1.93. The number of thiazole rings is 1. The molecule has 3 N–H and O–H groups in total. The first-order chi connectivity index (χ1) is 11.9. The van der Waals surface area contributed by atoms with E-state index in [1.165, 1.54) is 23.1 Å². The van der Waals surface area contributed by atoms with Crippen LogP contribution in [-0.4, -0.2) is 35.1 Å². The number of carbonyl (C=O) groups is 3. The third-order valence-electron chi connectivity index (χ3n) is 2.95. The summed E-state index contributed by atoms with van der Waals surface area (Å²) in [6.07, 6.45) is 0. The lowest BCUT2D eigenvalue weighted by atomic mass is 10.3. The smallest absolute Gasteiger partial charge is 0.350 e. The highest BCUT2D eigenvalue weighted by atomic mass is 32.2. The first-order valence-electron chi connectivity index (χ1n) is 7.28. The molecule has 25 heavy (non-hydrogen) atoms. The Kier molecular flexibility index (Phi) is 6.54. The fraction of sp³-hybridized carbons (Fsp3) is 0.250. The van der Waals surface area contributed by atoms with Crippen LogP contribution >= 0.6 is 23.1 Å². The molecule has 0 aliphatic carbocycles. The maximum atomic E-state index is 12.0. The highest BCUT2D eigenvalue weighted by Crippen LogP contribution is 2.26. The van der Waals surface area contributed by atoms with Gasteiger partial charge in [-0.3, -0.25) is 9.59 Å². The summed E-state index contributed by atoms with van der Waals surface area (Å²) in [6.45, 7) is 3.10. The second kappa shape index (κ2) is 8.63. The molecule has 9 heteroatoms. The van der Waals surface area contributed by atoms with E-state index in [0.29, 0.717) is 21.2 Å². The molecule has 0 saturated heterocycles. The summed E-state index contributed by atoms with van der Waals surface area (Å²) in [6, 6.07) is 6.99. The van der Waals surface area contributed by atoms with Crippen LogP contribution in [-0.2, 0) is 14.3 Å². The van der Waals surface area contributed by atoms with E-state index in [1.54, 1.807) is 38.1 Å². The molecule has 2 amide bonds. The molecule has 2 aromatic rings. The number of anilines is 1. The number of ether oxygens (including phenoxy) is 1. The van der Waals surface area contributed by atoms with Crippen molar-refractivity contribution in [2.24, 2.45) is 5.73 Å². The summed E-state index contributed by atoms with van der Waals surface area (Å²) in [7, 11) is 0. The van der Waals surface area contributed by atoms with Crippen molar-refractivity contribution < 1.29 is 19.1 Å². The molecule has 1 heterocycles. The van der Waals surface area contributed by atoms with Crippen molar-refractivity contribution in [1.82, 2.24) is 4.98 Å². The molecule has 2 rings (SSSR count). The molecule has 0 unspecified atom stereocenters. The number of primary amides is 1. The van der Waals surface area contributed by atoms with E-state index in [9.17, 15) is 14.4 Å². The summed E-state index contributed by atoms with van der Waals surface area (Å²) in [5.41, 5.74) is 6.24. The average Bonchev–Trinajstić information content (AvgIpc) is 2.90. The molecule has 132 valence electrons. The molecule has 0 fully saturated rings. The second-order valence-corrected chi connectivity index (χ2v) is 7.24. The summed E-state index contributed by atoms with van der Waals surface area (Å²) in [5.74, 6) is -1.39. The SMILES string of the molecule is Cc1nc(C)c(C(=O)OCC(=O)Nc2ccccc2SCC(N)=O)s1. The molecule has 7 nitrogen and oxygen atoms in total. The predicted molar refractivity (Wildman–Crippen MR) is 96.9 cm³/mol. The number of para-hydroxylation sites is 1. The zero-order chi connectivity index (χ0) is 18.4. The minimum atomic E-state index is -0.574. The number of rotatable bonds is 7. The zero-order valence-electron chi connectivity index (χ0n) is 13.7. The molecule has 0 saturated carbocycles. The number of hydrogen-bond donors (Lipinski definition) is 2. The van der Waals surface area contributed by atoms with Gasteiger partial charge in [0, 0.05) is 4.90 Å². The lowest BCUT2D eigenvalue weighted by Gasteiger charge is -2.10. The molecule has 0 spiro atoms. The monoisotopic (exact) mass is 379 g/mol. The van der Waals surface area contributed by atoms with Crippen molar-refractivity contribution in [3.63, 3.8) is 0 Å². The summed E-state index contributed by atoms with van der Waals surface area (Å²) >= 11 is 2.44. The molecule has 0 radical (unpaired) electrons. The minimum absolute atomic E-state index is 0.103. The van der Waals surface area contributed by atoms with Crippen molar-refractivity contribution in [2.45, 2.75) is 18.7 Å². The molecular formula is C16H17N3O4S2. The number of hydrogen-bond acceptors (Lipinski definition) is 7. The van der Waals surface area contributed by atoms with Gasteiger partial charge < -0.3 is 15.8 Å². The lowest BCUT2D eigenvalue weighted by Crippen LogP contribution is -2.21. The Morgan fingerprint density at radius 1 is 1.28 bits per heavy atom. The van der Waals surface area contributed by atoms with Gasteiger partial charge in [-0.05, 0) is 26.0 Å². The molecular weight excluding hydrogens is 362 g/mol. The van der Waals surface area contributed by atoms with Crippen LogP contribution in [0.1, 0.15) is 20.4 Å². The van der Waals surface area contributed by atoms with Gasteiger partial charge in [0.1, 0.15) is 4.88 Å². The molecule has 0 aliphatic heterocycles. The number of nitrogens with one attached hydrogen (secondary N) is 1. The number of nitrogens with two attached hydrogens (primary N) is 1. The van der Waals surface area contributed by atoms with Crippen molar-refractivity contribution in [3.05, 3.63) is 39.8 Å². The number of aromatic nitrogens is 1.